The van der Waals surface area contributed by atoms with Crippen LogP contribution in [0.25, 0.3) is 0 Å². The summed E-state index contributed by atoms with van der Waals surface area (Å²) in [7, 11) is 3.49. The molecule has 0 aromatic heterocycles. The Morgan fingerprint density at radius 2 is 1.72 bits per heavy atom. The number of carbonyl (C=O) groups excluding carboxylic acids is 1. The molecule has 1 aromatic rings. The van der Waals surface area contributed by atoms with E-state index in [1.807, 2.05) is 6.07 Å². The highest BCUT2D eigenvalue weighted by Gasteiger charge is 2.10. The number of ether oxygens (including phenoxy) is 1. The van der Waals surface area contributed by atoms with Gasteiger partial charge < -0.3 is 14.5 Å². The van der Waals surface area contributed by atoms with Crippen molar-refractivity contribution in [3.63, 3.8) is 0 Å². The molecule has 0 aliphatic rings. The van der Waals surface area contributed by atoms with E-state index >= 15 is 0 Å². The molecule has 0 N–H and O–H groups in total. The van der Waals surface area contributed by atoms with Crippen molar-refractivity contribution in [1.82, 2.24) is 9.80 Å². The third kappa shape index (κ3) is 8.21. The molecule has 4 nitrogen and oxygen atoms in total. The van der Waals surface area contributed by atoms with Crippen LogP contribution >= 0.6 is 11.6 Å². The van der Waals surface area contributed by atoms with Crippen LogP contribution in [0.1, 0.15) is 55.5 Å². The standard InChI is InChI=1S/C20H33ClN2O2/c1-5-11-23(12-6-2)14-8-7-13-22(3)16-18-10-9-17(15-19(18)21)20(24)25-4/h9-10,15H,5-8,11-14,16H2,1-4H3. The first-order chi connectivity index (χ1) is 12.0. The van der Waals surface area contributed by atoms with Gasteiger partial charge in [-0.2, -0.15) is 0 Å². The maximum atomic E-state index is 11.5. The summed E-state index contributed by atoms with van der Waals surface area (Å²) >= 11 is 6.31. The molecule has 0 fully saturated rings. The van der Waals surface area contributed by atoms with Gasteiger partial charge in [0.05, 0.1) is 12.7 Å². The molecule has 0 aliphatic heterocycles. The fraction of sp³-hybridized carbons (Fsp3) is 0.650. The fourth-order valence-corrected chi connectivity index (χ4v) is 3.22. The van der Waals surface area contributed by atoms with Crippen LogP contribution in [0.4, 0.5) is 0 Å². The van der Waals surface area contributed by atoms with E-state index in [-0.39, 0.29) is 5.97 Å². The van der Waals surface area contributed by atoms with E-state index in [9.17, 15) is 4.79 Å². The minimum Gasteiger partial charge on any atom is -0.465 e. The number of esters is 1. The van der Waals surface area contributed by atoms with Crippen LogP contribution in [-0.4, -0.2) is 56.1 Å². The van der Waals surface area contributed by atoms with Crippen LogP contribution in [0.2, 0.25) is 5.02 Å². The smallest absolute Gasteiger partial charge is 0.337 e. The van der Waals surface area contributed by atoms with Crippen molar-refractivity contribution in [3.8, 4) is 0 Å². The van der Waals surface area contributed by atoms with Crippen molar-refractivity contribution in [1.29, 1.82) is 0 Å². The van der Waals surface area contributed by atoms with E-state index in [1.165, 1.54) is 52.4 Å². The quantitative estimate of drug-likeness (QED) is 0.403. The predicted molar refractivity (Wildman–Crippen MR) is 105 cm³/mol. The number of hydrogen-bond donors (Lipinski definition) is 0. The third-order valence-corrected chi connectivity index (χ3v) is 4.61. The van der Waals surface area contributed by atoms with Gasteiger partial charge in [-0.3, -0.25) is 0 Å². The maximum Gasteiger partial charge on any atom is 0.337 e. The number of hydrogen-bond acceptors (Lipinski definition) is 4. The lowest BCUT2D eigenvalue weighted by atomic mass is 10.1. The van der Waals surface area contributed by atoms with Crippen molar-refractivity contribution >= 4 is 17.6 Å². The van der Waals surface area contributed by atoms with Crippen LogP contribution in [-0.2, 0) is 11.3 Å². The number of methoxy groups -OCH3 is 1. The van der Waals surface area contributed by atoms with Crippen LogP contribution in [0.5, 0.6) is 0 Å². The minimum atomic E-state index is -0.356. The van der Waals surface area contributed by atoms with Crippen LogP contribution in [0, 0.1) is 0 Å². The largest absolute Gasteiger partial charge is 0.465 e. The van der Waals surface area contributed by atoms with Crippen LogP contribution < -0.4 is 0 Å². The summed E-state index contributed by atoms with van der Waals surface area (Å²) in [4.78, 5) is 16.4. The Balaban J connectivity index is 2.39. The molecule has 1 rings (SSSR count). The Bertz CT molecular complexity index is 516. The van der Waals surface area contributed by atoms with Gasteiger partial charge >= 0.3 is 5.97 Å². The molecular formula is C20H33ClN2O2. The van der Waals surface area contributed by atoms with Gasteiger partial charge in [0.2, 0.25) is 0 Å². The molecule has 25 heavy (non-hydrogen) atoms. The molecule has 0 spiro atoms. The molecule has 0 amide bonds. The first-order valence-corrected chi connectivity index (χ1v) is 9.67. The number of unbranched alkanes of at least 4 members (excludes halogenated alkanes) is 1. The zero-order valence-corrected chi connectivity index (χ0v) is 16.9. The van der Waals surface area contributed by atoms with Gasteiger partial charge in [-0.05, 0) is 76.6 Å². The summed E-state index contributed by atoms with van der Waals surface area (Å²) in [5, 5.41) is 0.617. The fourth-order valence-electron chi connectivity index (χ4n) is 2.98. The number of carbonyl (C=O) groups is 1. The van der Waals surface area contributed by atoms with E-state index in [4.69, 9.17) is 16.3 Å². The van der Waals surface area contributed by atoms with Gasteiger partial charge in [-0.25, -0.2) is 4.79 Å². The van der Waals surface area contributed by atoms with E-state index < -0.39 is 0 Å². The van der Waals surface area contributed by atoms with Crippen molar-refractivity contribution < 1.29 is 9.53 Å². The van der Waals surface area contributed by atoms with Gasteiger partial charge in [-0.15, -0.1) is 0 Å². The second-order valence-corrected chi connectivity index (χ2v) is 6.99. The van der Waals surface area contributed by atoms with Gasteiger partial charge in [0.25, 0.3) is 0 Å². The van der Waals surface area contributed by atoms with Crippen molar-refractivity contribution in [2.45, 2.75) is 46.1 Å². The van der Waals surface area contributed by atoms with E-state index in [0.29, 0.717) is 10.6 Å². The third-order valence-electron chi connectivity index (χ3n) is 4.26. The SMILES string of the molecule is CCCN(CCC)CCCCN(C)Cc1ccc(C(=O)OC)cc1Cl. The first-order valence-electron chi connectivity index (χ1n) is 9.29. The highest BCUT2D eigenvalue weighted by molar-refractivity contribution is 6.31. The molecule has 0 atom stereocenters. The summed E-state index contributed by atoms with van der Waals surface area (Å²) in [5.41, 5.74) is 1.53. The van der Waals surface area contributed by atoms with Gasteiger partial charge in [0, 0.05) is 11.6 Å². The molecule has 5 heteroatoms. The molecule has 0 heterocycles. The van der Waals surface area contributed by atoms with Crippen molar-refractivity contribution in [3.05, 3.63) is 34.3 Å². The molecule has 0 radical (unpaired) electrons. The maximum absolute atomic E-state index is 11.5. The zero-order valence-electron chi connectivity index (χ0n) is 16.2. The lowest BCUT2D eigenvalue weighted by molar-refractivity contribution is 0.0600. The molecule has 0 saturated carbocycles. The summed E-state index contributed by atoms with van der Waals surface area (Å²) in [5.74, 6) is -0.356. The molecule has 142 valence electrons. The lowest BCUT2D eigenvalue weighted by Gasteiger charge is -2.22. The lowest BCUT2D eigenvalue weighted by Crippen LogP contribution is -2.27. The van der Waals surface area contributed by atoms with E-state index in [1.54, 1.807) is 12.1 Å². The summed E-state index contributed by atoms with van der Waals surface area (Å²) in [6, 6.07) is 5.37. The monoisotopic (exact) mass is 368 g/mol. The first kappa shape index (κ1) is 21.9. The summed E-state index contributed by atoms with van der Waals surface area (Å²) in [6.07, 6.45) is 4.84. The molecule has 0 saturated heterocycles. The normalized spacial score (nSPS) is 11.3. The van der Waals surface area contributed by atoms with Crippen molar-refractivity contribution in [2.24, 2.45) is 0 Å². The van der Waals surface area contributed by atoms with Gasteiger partial charge in [-0.1, -0.05) is 31.5 Å². The zero-order chi connectivity index (χ0) is 18.7. The molecule has 0 unspecified atom stereocenters. The van der Waals surface area contributed by atoms with E-state index in [2.05, 4.69) is 30.7 Å². The Kier molecular flexibility index (Phi) is 10.8. The average molecular weight is 369 g/mol. The second kappa shape index (κ2) is 12.3. The minimum absolute atomic E-state index is 0.356. The topological polar surface area (TPSA) is 32.8 Å². The number of nitrogens with zero attached hydrogens (tertiary/aromatic N) is 2. The van der Waals surface area contributed by atoms with Crippen LogP contribution in [0.15, 0.2) is 18.2 Å². The van der Waals surface area contributed by atoms with E-state index in [0.717, 1.165) is 18.7 Å². The Morgan fingerprint density at radius 3 is 2.28 bits per heavy atom. The van der Waals surface area contributed by atoms with Crippen molar-refractivity contribution in [2.75, 3.05) is 40.3 Å². The second-order valence-electron chi connectivity index (χ2n) is 6.58. The van der Waals surface area contributed by atoms with Crippen LogP contribution in [0.3, 0.4) is 0 Å². The number of benzene rings is 1. The predicted octanol–water partition coefficient (Wildman–Crippen LogP) is 4.46. The molecule has 0 bridgehead atoms. The highest BCUT2D eigenvalue weighted by Crippen LogP contribution is 2.20. The summed E-state index contributed by atoms with van der Waals surface area (Å²) in [6.45, 7) is 9.90. The highest BCUT2D eigenvalue weighted by atomic mass is 35.5. The number of halogens is 1. The van der Waals surface area contributed by atoms with Gasteiger partial charge in [0.15, 0.2) is 0 Å². The summed E-state index contributed by atoms with van der Waals surface area (Å²) < 4.78 is 4.72. The molecule has 1 aromatic carbocycles. The molecular weight excluding hydrogens is 336 g/mol. The number of rotatable bonds is 12. The Labute approximate surface area is 158 Å². The Morgan fingerprint density at radius 1 is 1.08 bits per heavy atom. The van der Waals surface area contributed by atoms with Gasteiger partial charge in [0.1, 0.15) is 0 Å². The molecule has 0 aliphatic carbocycles. The Hall–Kier alpha value is -1.10. The average Bonchev–Trinajstić information content (AvgIpc) is 2.60.